The molecule has 0 radical (unpaired) electrons. The zero-order valence-electron chi connectivity index (χ0n) is 11.9. The van der Waals surface area contributed by atoms with Crippen LogP contribution in [0.2, 0.25) is 0 Å². The topological polar surface area (TPSA) is 90.0 Å². The Bertz CT molecular complexity index is 695. The van der Waals surface area contributed by atoms with E-state index in [1.54, 1.807) is 0 Å². The summed E-state index contributed by atoms with van der Waals surface area (Å²) in [4.78, 5) is 26.6. The number of amides is 3. The molecule has 0 unspecified atom stereocenters. The molecule has 0 bridgehead atoms. The zero-order chi connectivity index (χ0) is 15.5. The lowest BCUT2D eigenvalue weighted by molar-refractivity contribution is -0.117. The average Bonchev–Trinajstić information content (AvgIpc) is 3.25. The third kappa shape index (κ3) is 3.30. The second-order valence-corrected chi connectivity index (χ2v) is 6.04. The SMILES string of the molecule is NC(=O)NC(=O)CSc1ncc(-c2ccccc2)n1C1CC1. The van der Waals surface area contributed by atoms with Gasteiger partial charge in [-0.15, -0.1) is 0 Å². The van der Waals surface area contributed by atoms with Crippen molar-refractivity contribution in [3.63, 3.8) is 0 Å². The zero-order valence-corrected chi connectivity index (χ0v) is 12.7. The fourth-order valence-corrected chi connectivity index (χ4v) is 3.11. The fraction of sp³-hybridized carbons (Fsp3) is 0.267. The van der Waals surface area contributed by atoms with Crippen LogP contribution in [-0.4, -0.2) is 27.2 Å². The van der Waals surface area contributed by atoms with E-state index in [-0.39, 0.29) is 5.75 Å². The van der Waals surface area contributed by atoms with Gasteiger partial charge in [0.05, 0.1) is 17.6 Å². The van der Waals surface area contributed by atoms with E-state index in [0.29, 0.717) is 6.04 Å². The van der Waals surface area contributed by atoms with Gasteiger partial charge in [0.15, 0.2) is 5.16 Å². The number of carbonyl (C=O) groups excluding carboxylic acids is 2. The highest BCUT2D eigenvalue weighted by molar-refractivity contribution is 7.99. The molecule has 0 atom stereocenters. The van der Waals surface area contributed by atoms with Gasteiger partial charge in [-0.2, -0.15) is 0 Å². The van der Waals surface area contributed by atoms with Crippen molar-refractivity contribution in [1.82, 2.24) is 14.9 Å². The normalized spacial score (nSPS) is 13.8. The maximum Gasteiger partial charge on any atom is 0.318 e. The quantitative estimate of drug-likeness (QED) is 0.827. The Morgan fingerprint density at radius 1 is 1.32 bits per heavy atom. The molecule has 7 heteroatoms. The van der Waals surface area contributed by atoms with E-state index in [1.165, 1.54) is 11.8 Å². The summed E-state index contributed by atoms with van der Waals surface area (Å²) >= 11 is 1.31. The van der Waals surface area contributed by atoms with Crippen LogP contribution in [0.5, 0.6) is 0 Å². The minimum Gasteiger partial charge on any atom is -0.351 e. The lowest BCUT2D eigenvalue weighted by Crippen LogP contribution is -2.36. The van der Waals surface area contributed by atoms with Crippen LogP contribution in [0, 0.1) is 0 Å². The van der Waals surface area contributed by atoms with E-state index in [0.717, 1.165) is 29.3 Å². The first-order valence-electron chi connectivity index (χ1n) is 7.00. The van der Waals surface area contributed by atoms with Crippen LogP contribution >= 0.6 is 11.8 Å². The summed E-state index contributed by atoms with van der Waals surface area (Å²) in [6.07, 6.45) is 4.08. The van der Waals surface area contributed by atoms with Gasteiger partial charge in [-0.05, 0) is 18.4 Å². The Kier molecular flexibility index (Phi) is 4.15. The van der Waals surface area contributed by atoms with Gasteiger partial charge in [0.2, 0.25) is 5.91 Å². The van der Waals surface area contributed by atoms with Crippen LogP contribution in [0.3, 0.4) is 0 Å². The lowest BCUT2D eigenvalue weighted by Gasteiger charge is -2.10. The lowest BCUT2D eigenvalue weighted by atomic mass is 10.2. The van der Waals surface area contributed by atoms with E-state index in [1.807, 2.05) is 36.5 Å². The Hall–Kier alpha value is -2.28. The Labute approximate surface area is 132 Å². The molecule has 0 aliphatic heterocycles. The van der Waals surface area contributed by atoms with Crippen molar-refractivity contribution in [2.45, 2.75) is 24.0 Å². The van der Waals surface area contributed by atoms with Crippen molar-refractivity contribution < 1.29 is 9.59 Å². The smallest absolute Gasteiger partial charge is 0.318 e. The maximum absolute atomic E-state index is 11.5. The molecule has 2 aromatic rings. The molecular formula is C15H16N4O2S. The highest BCUT2D eigenvalue weighted by Gasteiger charge is 2.29. The first kappa shape index (κ1) is 14.6. The van der Waals surface area contributed by atoms with E-state index < -0.39 is 11.9 Å². The number of hydrogen-bond donors (Lipinski definition) is 2. The predicted octanol–water partition coefficient (Wildman–Crippen LogP) is 2.17. The first-order chi connectivity index (χ1) is 10.6. The van der Waals surface area contributed by atoms with Gasteiger partial charge in [0, 0.05) is 6.04 Å². The summed E-state index contributed by atoms with van der Waals surface area (Å²) < 4.78 is 2.18. The minimum absolute atomic E-state index is 0.112. The molecule has 1 aromatic carbocycles. The third-order valence-electron chi connectivity index (χ3n) is 3.34. The molecule has 1 aromatic heterocycles. The van der Waals surface area contributed by atoms with Gasteiger partial charge in [-0.1, -0.05) is 42.1 Å². The number of hydrogen-bond acceptors (Lipinski definition) is 4. The maximum atomic E-state index is 11.5. The number of nitrogens with zero attached hydrogens (tertiary/aromatic N) is 2. The van der Waals surface area contributed by atoms with Gasteiger partial charge in [0.1, 0.15) is 0 Å². The number of urea groups is 1. The van der Waals surface area contributed by atoms with Crippen LogP contribution in [0.25, 0.3) is 11.3 Å². The molecular weight excluding hydrogens is 300 g/mol. The number of carbonyl (C=O) groups is 2. The molecule has 0 saturated heterocycles. The average molecular weight is 316 g/mol. The van der Waals surface area contributed by atoms with Gasteiger partial charge in [0.25, 0.3) is 0 Å². The number of imidazole rings is 1. The molecule has 1 fully saturated rings. The Morgan fingerprint density at radius 2 is 2.05 bits per heavy atom. The number of aromatic nitrogens is 2. The second-order valence-electron chi connectivity index (χ2n) is 5.09. The molecule has 3 N–H and O–H groups in total. The van der Waals surface area contributed by atoms with E-state index in [4.69, 9.17) is 5.73 Å². The number of rotatable bonds is 5. The van der Waals surface area contributed by atoms with Gasteiger partial charge in [-0.25, -0.2) is 9.78 Å². The van der Waals surface area contributed by atoms with Gasteiger partial charge >= 0.3 is 6.03 Å². The monoisotopic (exact) mass is 316 g/mol. The summed E-state index contributed by atoms with van der Waals surface area (Å²) in [5.74, 6) is -0.301. The fourth-order valence-electron chi connectivity index (χ4n) is 2.26. The number of imide groups is 1. The number of benzene rings is 1. The van der Waals surface area contributed by atoms with Crippen molar-refractivity contribution >= 4 is 23.7 Å². The van der Waals surface area contributed by atoms with E-state index in [2.05, 4.69) is 14.9 Å². The van der Waals surface area contributed by atoms with Crippen LogP contribution in [0.15, 0.2) is 41.7 Å². The summed E-state index contributed by atoms with van der Waals surface area (Å²) in [5.41, 5.74) is 7.09. The van der Waals surface area contributed by atoms with Gasteiger partial charge in [-0.3, -0.25) is 10.1 Å². The molecule has 1 heterocycles. The number of nitrogens with two attached hydrogens (primary N) is 1. The molecule has 114 valence electrons. The van der Waals surface area contributed by atoms with E-state index >= 15 is 0 Å². The van der Waals surface area contributed by atoms with Crippen molar-refractivity contribution in [2.75, 3.05) is 5.75 Å². The molecule has 3 amide bonds. The molecule has 1 aliphatic carbocycles. The third-order valence-corrected chi connectivity index (χ3v) is 4.31. The van der Waals surface area contributed by atoms with Crippen molar-refractivity contribution in [3.05, 3.63) is 36.5 Å². The Balaban J connectivity index is 1.79. The largest absolute Gasteiger partial charge is 0.351 e. The number of nitrogens with one attached hydrogen (secondary N) is 1. The standard InChI is InChI=1S/C15H16N4O2S/c16-14(21)18-13(20)9-22-15-17-8-12(19(15)11-6-7-11)10-4-2-1-3-5-10/h1-5,8,11H,6-7,9H2,(H3,16,18,20,21). The molecule has 1 aliphatic rings. The van der Waals surface area contributed by atoms with Gasteiger partial charge < -0.3 is 10.3 Å². The summed E-state index contributed by atoms with van der Waals surface area (Å²) in [7, 11) is 0. The Morgan fingerprint density at radius 3 is 2.68 bits per heavy atom. The summed E-state index contributed by atoms with van der Waals surface area (Å²) in [6, 6.07) is 9.67. The molecule has 6 nitrogen and oxygen atoms in total. The molecule has 3 rings (SSSR count). The van der Waals surface area contributed by atoms with Crippen LogP contribution in [0.4, 0.5) is 4.79 Å². The van der Waals surface area contributed by atoms with Crippen molar-refractivity contribution in [1.29, 1.82) is 0 Å². The predicted molar refractivity (Wildman–Crippen MR) is 84.4 cm³/mol. The van der Waals surface area contributed by atoms with Crippen LogP contribution in [-0.2, 0) is 4.79 Å². The van der Waals surface area contributed by atoms with Crippen molar-refractivity contribution in [3.8, 4) is 11.3 Å². The summed E-state index contributed by atoms with van der Waals surface area (Å²) in [5, 5.41) is 2.85. The van der Waals surface area contributed by atoms with Crippen molar-refractivity contribution in [2.24, 2.45) is 5.73 Å². The summed E-state index contributed by atoms with van der Waals surface area (Å²) in [6.45, 7) is 0. The highest BCUT2D eigenvalue weighted by Crippen LogP contribution is 2.41. The number of primary amides is 1. The van der Waals surface area contributed by atoms with Crippen LogP contribution in [0.1, 0.15) is 18.9 Å². The van der Waals surface area contributed by atoms with E-state index in [9.17, 15) is 9.59 Å². The molecule has 0 spiro atoms. The molecule has 22 heavy (non-hydrogen) atoms. The minimum atomic E-state index is -0.832. The second kappa shape index (κ2) is 6.23. The molecule has 1 saturated carbocycles. The number of thioether (sulfide) groups is 1. The first-order valence-corrected chi connectivity index (χ1v) is 7.98. The van der Waals surface area contributed by atoms with Crippen LogP contribution < -0.4 is 11.1 Å². The highest BCUT2D eigenvalue weighted by atomic mass is 32.2.